The molecule has 0 bridgehead atoms. The molecule has 2 aromatic rings. The number of benzene rings is 2. The van der Waals surface area contributed by atoms with Crippen LogP contribution in [0.15, 0.2) is 53.7 Å². The van der Waals surface area contributed by atoms with E-state index in [1.165, 1.54) is 0 Å². The minimum absolute atomic E-state index is 0.112. The number of ether oxygens (including phenoxy) is 2. The van der Waals surface area contributed by atoms with Gasteiger partial charge in [-0.25, -0.2) is 4.79 Å². The molecule has 29 heavy (non-hydrogen) atoms. The Labute approximate surface area is 171 Å². The zero-order chi connectivity index (χ0) is 20.6. The van der Waals surface area contributed by atoms with E-state index in [9.17, 15) is 4.79 Å². The predicted molar refractivity (Wildman–Crippen MR) is 111 cm³/mol. The number of oxime groups is 1. The molecule has 0 radical (unpaired) electrons. The van der Waals surface area contributed by atoms with E-state index in [2.05, 4.69) is 10.5 Å². The lowest BCUT2D eigenvalue weighted by Gasteiger charge is -2.25. The second-order valence-corrected chi connectivity index (χ2v) is 6.74. The number of hydrogen-bond donors (Lipinski definition) is 1. The minimum Gasteiger partial charge on any atom is -0.493 e. The Kier molecular flexibility index (Phi) is 6.94. The third-order valence-corrected chi connectivity index (χ3v) is 4.71. The van der Waals surface area contributed by atoms with Crippen molar-refractivity contribution in [3.63, 3.8) is 0 Å². The molecule has 7 heteroatoms. The number of urea groups is 1. The smallest absolute Gasteiger partial charge is 0.317 e. The van der Waals surface area contributed by atoms with Crippen molar-refractivity contribution in [1.29, 1.82) is 0 Å². The number of nitrogens with one attached hydrogen (secondary N) is 1. The van der Waals surface area contributed by atoms with Gasteiger partial charge in [-0.2, -0.15) is 0 Å². The number of rotatable bonds is 8. The molecule has 7 nitrogen and oxygen atoms in total. The molecular formula is C22H27N3O4. The summed E-state index contributed by atoms with van der Waals surface area (Å²) >= 11 is 0. The van der Waals surface area contributed by atoms with Crippen molar-refractivity contribution in [2.75, 3.05) is 27.3 Å². The maximum Gasteiger partial charge on any atom is 0.317 e. The second kappa shape index (κ2) is 9.82. The van der Waals surface area contributed by atoms with Gasteiger partial charge in [-0.05, 0) is 30.7 Å². The molecule has 0 saturated heterocycles. The van der Waals surface area contributed by atoms with Crippen molar-refractivity contribution < 1.29 is 19.1 Å². The Morgan fingerprint density at radius 1 is 1.17 bits per heavy atom. The van der Waals surface area contributed by atoms with Gasteiger partial charge in [0.2, 0.25) is 0 Å². The molecule has 0 aliphatic carbocycles. The van der Waals surface area contributed by atoms with E-state index in [0.717, 1.165) is 16.8 Å². The lowest BCUT2D eigenvalue weighted by atomic mass is 10.0. The summed E-state index contributed by atoms with van der Waals surface area (Å²) in [5.41, 5.74) is 2.81. The first-order valence-electron chi connectivity index (χ1n) is 9.66. The third kappa shape index (κ3) is 5.19. The maximum absolute atomic E-state index is 12.5. The molecule has 1 aliphatic heterocycles. The van der Waals surface area contributed by atoms with Crippen LogP contribution in [0.3, 0.4) is 0 Å². The normalized spacial score (nSPS) is 15.3. The highest BCUT2D eigenvalue weighted by molar-refractivity contribution is 6.01. The van der Waals surface area contributed by atoms with Gasteiger partial charge in [0, 0.05) is 25.1 Å². The first-order chi connectivity index (χ1) is 14.1. The number of carbonyl (C=O) groups excluding carboxylic acids is 1. The van der Waals surface area contributed by atoms with Gasteiger partial charge in [0.25, 0.3) is 0 Å². The Bertz CT molecular complexity index is 854. The summed E-state index contributed by atoms with van der Waals surface area (Å²) in [6, 6.07) is 15.5. The summed E-state index contributed by atoms with van der Waals surface area (Å²) in [7, 11) is 3.21. The third-order valence-electron chi connectivity index (χ3n) is 4.71. The highest BCUT2D eigenvalue weighted by Crippen LogP contribution is 2.29. The van der Waals surface area contributed by atoms with Crippen molar-refractivity contribution in [2.24, 2.45) is 5.16 Å². The molecule has 3 rings (SSSR count). The van der Waals surface area contributed by atoms with Crippen LogP contribution in [0.25, 0.3) is 0 Å². The fourth-order valence-corrected chi connectivity index (χ4v) is 3.24. The second-order valence-electron chi connectivity index (χ2n) is 6.74. The summed E-state index contributed by atoms with van der Waals surface area (Å²) in [5, 5.41) is 7.12. The van der Waals surface area contributed by atoms with Crippen LogP contribution in [-0.4, -0.2) is 50.1 Å². The number of carbonyl (C=O) groups is 1. The molecule has 1 heterocycles. The van der Waals surface area contributed by atoms with Crippen molar-refractivity contribution in [1.82, 2.24) is 10.2 Å². The average Bonchev–Trinajstić information content (AvgIpc) is 3.22. The van der Waals surface area contributed by atoms with Gasteiger partial charge in [0.15, 0.2) is 17.6 Å². The minimum atomic E-state index is -0.204. The Hall–Kier alpha value is -3.22. The molecule has 0 fully saturated rings. The summed E-state index contributed by atoms with van der Waals surface area (Å²) in [5.74, 6) is 1.31. The van der Waals surface area contributed by atoms with E-state index in [4.69, 9.17) is 14.3 Å². The van der Waals surface area contributed by atoms with Gasteiger partial charge in [-0.1, -0.05) is 35.5 Å². The number of methoxy groups -OCH3 is 2. The topological polar surface area (TPSA) is 72.4 Å². The van der Waals surface area contributed by atoms with Gasteiger partial charge >= 0.3 is 6.03 Å². The number of nitrogens with zero attached hydrogens (tertiary/aromatic N) is 2. The van der Waals surface area contributed by atoms with Crippen LogP contribution >= 0.6 is 0 Å². The summed E-state index contributed by atoms with van der Waals surface area (Å²) < 4.78 is 10.7. The SMILES string of the molecule is CCNC(=O)N(Cc1ccccc1)CC1CC(c2ccc(OC)c(OC)c2)=NO1. The Morgan fingerprint density at radius 3 is 2.62 bits per heavy atom. The first-order valence-corrected chi connectivity index (χ1v) is 9.66. The Morgan fingerprint density at radius 2 is 1.93 bits per heavy atom. The van der Waals surface area contributed by atoms with Crippen LogP contribution < -0.4 is 14.8 Å². The largest absolute Gasteiger partial charge is 0.493 e. The fraction of sp³-hybridized carbons (Fsp3) is 0.364. The van der Waals surface area contributed by atoms with Crippen LogP contribution in [0.2, 0.25) is 0 Å². The molecule has 1 unspecified atom stereocenters. The molecule has 1 N–H and O–H groups in total. The van der Waals surface area contributed by atoms with Crippen LogP contribution in [0.1, 0.15) is 24.5 Å². The van der Waals surface area contributed by atoms with Crippen molar-refractivity contribution in [3.8, 4) is 11.5 Å². The van der Waals surface area contributed by atoms with Crippen molar-refractivity contribution in [3.05, 3.63) is 59.7 Å². The monoisotopic (exact) mass is 397 g/mol. The maximum atomic E-state index is 12.5. The van der Waals surface area contributed by atoms with Crippen molar-refractivity contribution in [2.45, 2.75) is 26.0 Å². The van der Waals surface area contributed by atoms with E-state index in [-0.39, 0.29) is 12.1 Å². The fourth-order valence-electron chi connectivity index (χ4n) is 3.24. The lowest BCUT2D eigenvalue weighted by molar-refractivity contribution is 0.0590. The highest BCUT2D eigenvalue weighted by Gasteiger charge is 2.27. The van der Waals surface area contributed by atoms with Crippen molar-refractivity contribution >= 4 is 11.7 Å². The number of amides is 2. The van der Waals surface area contributed by atoms with Crippen LogP contribution in [0.5, 0.6) is 11.5 Å². The van der Waals surface area contributed by atoms with Crippen LogP contribution in [0.4, 0.5) is 4.79 Å². The summed E-state index contributed by atoms with van der Waals surface area (Å²) in [4.78, 5) is 19.9. The summed E-state index contributed by atoms with van der Waals surface area (Å²) in [6.45, 7) is 3.44. The molecule has 0 saturated carbocycles. The van der Waals surface area contributed by atoms with E-state index >= 15 is 0 Å². The van der Waals surface area contributed by atoms with Gasteiger partial charge in [0.1, 0.15) is 0 Å². The standard InChI is InChI=1S/C22H27N3O4/c1-4-23-22(26)25(14-16-8-6-5-7-9-16)15-18-13-19(24-29-18)17-10-11-20(27-2)21(12-17)28-3/h5-12,18H,4,13-15H2,1-3H3,(H,23,26). The van der Waals surface area contributed by atoms with Crippen LogP contribution in [0, 0.1) is 0 Å². The molecule has 2 amide bonds. The van der Waals surface area contributed by atoms with Gasteiger partial charge in [0.05, 0.1) is 26.5 Å². The first kappa shape index (κ1) is 20.5. The molecular weight excluding hydrogens is 370 g/mol. The van der Waals surface area contributed by atoms with E-state index < -0.39 is 0 Å². The molecule has 1 aliphatic rings. The molecule has 0 aromatic heterocycles. The van der Waals surface area contributed by atoms with Gasteiger partial charge in [-0.3, -0.25) is 0 Å². The zero-order valence-corrected chi connectivity index (χ0v) is 17.1. The van der Waals surface area contributed by atoms with Gasteiger partial charge < -0.3 is 24.5 Å². The number of hydrogen-bond acceptors (Lipinski definition) is 5. The average molecular weight is 397 g/mol. The lowest BCUT2D eigenvalue weighted by Crippen LogP contribution is -2.43. The quantitative estimate of drug-likeness (QED) is 0.741. The predicted octanol–water partition coefficient (Wildman–Crippen LogP) is 3.43. The van der Waals surface area contributed by atoms with E-state index in [0.29, 0.717) is 37.6 Å². The van der Waals surface area contributed by atoms with E-state index in [1.54, 1.807) is 19.1 Å². The summed E-state index contributed by atoms with van der Waals surface area (Å²) in [6.07, 6.45) is 0.407. The van der Waals surface area contributed by atoms with E-state index in [1.807, 2.05) is 55.5 Å². The highest BCUT2D eigenvalue weighted by atomic mass is 16.6. The molecule has 0 spiro atoms. The van der Waals surface area contributed by atoms with Gasteiger partial charge in [-0.15, -0.1) is 0 Å². The Balaban J connectivity index is 1.67. The molecule has 154 valence electrons. The van der Waals surface area contributed by atoms with Crippen LogP contribution in [-0.2, 0) is 11.4 Å². The molecule has 2 aromatic carbocycles. The zero-order valence-electron chi connectivity index (χ0n) is 17.1. The molecule has 1 atom stereocenters.